The van der Waals surface area contributed by atoms with Gasteiger partial charge < -0.3 is 5.73 Å². The molecule has 82 valence electrons. The standard InChI is InChI=1S/C10H16N4O/c1-7(2)14-9(12-6-13-14)8(15)10(11)4-3-5-10/h6-7H,3-5,11H2,1-2H3. The number of carbonyl (C=O) groups is 1. The first-order chi connectivity index (χ1) is 7.04. The molecule has 15 heavy (non-hydrogen) atoms. The normalized spacial score (nSPS) is 18.9. The van der Waals surface area contributed by atoms with E-state index in [1.807, 2.05) is 13.8 Å². The molecule has 1 saturated carbocycles. The number of ketones is 1. The molecule has 2 N–H and O–H groups in total. The Kier molecular flexibility index (Phi) is 2.34. The molecule has 5 heteroatoms. The summed E-state index contributed by atoms with van der Waals surface area (Å²) in [5.41, 5.74) is 5.30. The Morgan fingerprint density at radius 1 is 1.60 bits per heavy atom. The smallest absolute Gasteiger partial charge is 0.219 e. The minimum atomic E-state index is -0.681. The van der Waals surface area contributed by atoms with Gasteiger partial charge in [-0.2, -0.15) is 5.10 Å². The molecule has 1 aromatic rings. The van der Waals surface area contributed by atoms with Gasteiger partial charge >= 0.3 is 0 Å². The maximum absolute atomic E-state index is 12.1. The lowest BCUT2D eigenvalue weighted by Gasteiger charge is -2.35. The van der Waals surface area contributed by atoms with Crippen molar-refractivity contribution < 1.29 is 4.79 Å². The Morgan fingerprint density at radius 3 is 2.73 bits per heavy atom. The van der Waals surface area contributed by atoms with E-state index in [0.29, 0.717) is 5.82 Å². The maximum Gasteiger partial charge on any atom is 0.219 e. The number of hydrogen-bond donors (Lipinski definition) is 1. The van der Waals surface area contributed by atoms with Gasteiger partial charge in [-0.3, -0.25) is 4.79 Å². The van der Waals surface area contributed by atoms with Crippen LogP contribution in [-0.2, 0) is 0 Å². The van der Waals surface area contributed by atoms with Gasteiger partial charge in [-0.25, -0.2) is 9.67 Å². The fourth-order valence-electron chi connectivity index (χ4n) is 1.80. The van der Waals surface area contributed by atoms with Gasteiger partial charge in [-0.1, -0.05) is 0 Å². The number of nitrogens with zero attached hydrogens (tertiary/aromatic N) is 3. The highest BCUT2D eigenvalue weighted by Gasteiger charge is 2.42. The SMILES string of the molecule is CC(C)n1ncnc1C(=O)C1(N)CCC1. The van der Waals surface area contributed by atoms with Gasteiger partial charge in [0.25, 0.3) is 0 Å². The second-order valence-corrected chi connectivity index (χ2v) is 4.46. The van der Waals surface area contributed by atoms with E-state index in [2.05, 4.69) is 10.1 Å². The van der Waals surface area contributed by atoms with Gasteiger partial charge in [-0.15, -0.1) is 0 Å². The minimum absolute atomic E-state index is 0.0695. The number of Topliss-reactive ketones (excluding diaryl/α,β-unsaturated/α-hetero) is 1. The van der Waals surface area contributed by atoms with Crippen molar-refractivity contribution in [3.63, 3.8) is 0 Å². The van der Waals surface area contributed by atoms with Crippen LogP contribution in [0.15, 0.2) is 6.33 Å². The summed E-state index contributed by atoms with van der Waals surface area (Å²) in [4.78, 5) is 16.1. The van der Waals surface area contributed by atoms with Gasteiger partial charge in [-0.05, 0) is 33.1 Å². The van der Waals surface area contributed by atoms with Gasteiger partial charge in [0, 0.05) is 6.04 Å². The molecule has 1 aliphatic rings. The Bertz CT molecular complexity index is 379. The van der Waals surface area contributed by atoms with Crippen LogP contribution in [0.25, 0.3) is 0 Å². The summed E-state index contributed by atoms with van der Waals surface area (Å²) in [7, 11) is 0. The first-order valence-electron chi connectivity index (χ1n) is 5.28. The third kappa shape index (κ3) is 1.56. The van der Waals surface area contributed by atoms with Crippen LogP contribution in [0.2, 0.25) is 0 Å². The molecule has 0 aromatic carbocycles. The van der Waals surface area contributed by atoms with E-state index in [9.17, 15) is 4.79 Å². The third-order valence-electron chi connectivity index (χ3n) is 2.96. The monoisotopic (exact) mass is 208 g/mol. The van der Waals surface area contributed by atoms with Crippen molar-refractivity contribution in [2.24, 2.45) is 5.73 Å². The summed E-state index contributed by atoms with van der Waals surface area (Å²) in [5, 5.41) is 4.04. The Balaban J connectivity index is 2.29. The predicted molar refractivity (Wildman–Crippen MR) is 55.5 cm³/mol. The summed E-state index contributed by atoms with van der Waals surface area (Å²) in [6, 6.07) is 0.134. The molecule has 1 aliphatic carbocycles. The Morgan fingerprint density at radius 2 is 2.27 bits per heavy atom. The van der Waals surface area contributed by atoms with E-state index in [-0.39, 0.29) is 11.8 Å². The number of nitrogens with two attached hydrogens (primary N) is 1. The van der Waals surface area contributed by atoms with E-state index in [0.717, 1.165) is 19.3 Å². The fourth-order valence-corrected chi connectivity index (χ4v) is 1.80. The molecule has 0 aliphatic heterocycles. The zero-order valence-corrected chi connectivity index (χ0v) is 9.10. The van der Waals surface area contributed by atoms with Crippen LogP contribution < -0.4 is 5.73 Å². The lowest BCUT2D eigenvalue weighted by atomic mass is 9.74. The zero-order chi connectivity index (χ0) is 11.1. The van der Waals surface area contributed by atoms with E-state index < -0.39 is 5.54 Å². The minimum Gasteiger partial charge on any atom is -0.319 e. The Hall–Kier alpha value is -1.23. The van der Waals surface area contributed by atoms with Gasteiger partial charge in [0.1, 0.15) is 6.33 Å². The van der Waals surface area contributed by atoms with Crippen molar-refractivity contribution >= 4 is 5.78 Å². The van der Waals surface area contributed by atoms with Gasteiger partial charge in [0.15, 0.2) is 5.82 Å². The molecule has 0 bridgehead atoms. The van der Waals surface area contributed by atoms with Crippen LogP contribution in [0.3, 0.4) is 0 Å². The van der Waals surface area contributed by atoms with Gasteiger partial charge in [0.05, 0.1) is 5.54 Å². The molecule has 0 spiro atoms. The number of aromatic nitrogens is 3. The Labute approximate surface area is 88.7 Å². The molecule has 1 heterocycles. The van der Waals surface area contributed by atoms with Crippen molar-refractivity contribution in [2.75, 3.05) is 0 Å². The highest BCUT2D eigenvalue weighted by Crippen LogP contribution is 2.32. The summed E-state index contributed by atoms with van der Waals surface area (Å²) >= 11 is 0. The topological polar surface area (TPSA) is 73.8 Å². The van der Waals surface area contributed by atoms with Crippen molar-refractivity contribution in [1.82, 2.24) is 14.8 Å². The number of carbonyl (C=O) groups excluding carboxylic acids is 1. The quantitative estimate of drug-likeness (QED) is 0.750. The molecule has 1 fully saturated rings. The summed E-state index contributed by atoms with van der Waals surface area (Å²) in [5.74, 6) is 0.326. The van der Waals surface area contributed by atoms with Crippen LogP contribution in [0.5, 0.6) is 0 Å². The largest absolute Gasteiger partial charge is 0.319 e. The van der Waals surface area contributed by atoms with Crippen molar-refractivity contribution in [3.8, 4) is 0 Å². The maximum atomic E-state index is 12.1. The zero-order valence-electron chi connectivity index (χ0n) is 9.10. The highest BCUT2D eigenvalue weighted by atomic mass is 16.1. The van der Waals surface area contributed by atoms with Crippen LogP contribution in [0.1, 0.15) is 49.8 Å². The number of rotatable bonds is 3. The van der Waals surface area contributed by atoms with E-state index in [1.165, 1.54) is 6.33 Å². The van der Waals surface area contributed by atoms with E-state index in [1.54, 1.807) is 4.68 Å². The van der Waals surface area contributed by atoms with Crippen molar-refractivity contribution in [2.45, 2.75) is 44.7 Å². The summed E-state index contributed by atoms with van der Waals surface area (Å²) in [6.45, 7) is 3.94. The first kappa shape index (κ1) is 10.3. The highest BCUT2D eigenvalue weighted by molar-refractivity contribution is 6.00. The third-order valence-corrected chi connectivity index (χ3v) is 2.96. The molecular formula is C10H16N4O. The molecule has 1 aromatic heterocycles. The van der Waals surface area contributed by atoms with Gasteiger partial charge in [0.2, 0.25) is 5.78 Å². The average Bonchev–Trinajstić information content (AvgIpc) is 2.61. The molecule has 0 saturated heterocycles. The van der Waals surface area contributed by atoms with E-state index in [4.69, 9.17) is 5.73 Å². The predicted octanol–water partition coefficient (Wildman–Crippen LogP) is 0.923. The van der Waals surface area contributed by atoms with Crippen LogP contribution in [0.4, 0.5) is 0 Å². The number of hydrogen-bond acceptors (Lipinski definition) is 4. The fraction of sp³-hybridized carbons (Fsp3) is 0.700. The molecular weight excluding hydrogens is 192 g/mol. The lowest BCUT2D eigenvalue weighted by Crippen LogP contribution is -2.54. The molecule has 2 rings (SSSR count). The summed E-state index contributed by atoms with van der Waals surface area (Å²) in [6.07, 6.45) is 3.96. The second-order valence-electron chi connectivity index (χ2n) is 4.46. The van der Waals surface area contributed by atoms with Crippen molar-refractivity contribution in [3.05, 3.63) is 12.2 Å². The molecule has 0 radical (unpaired) electrons. The average molecular weight is 208 g/mol. The lowest BCUT2D eigenvalue weighted by molar-refractivity contribution is 0.0781. The molecule has 0 atom stereocenters. The summed E-state index contributed by atoms with van der Waals surface area (Å²) < 4.78 is 1.63. The molecule has 5 nitrogen and oxygen atoms in total. The molecule has 0 unspecified atom stereocenters. The molecule has 0 amide bonds. The second kappa shape index (κ2) is 3.41. The van der Waals surface area contributed by atoms with Crippen LogP contribution in [-0.4, -0.2) is 26.1 Å². The van der Waals surface area contributed by atoms with Crippen molar-refractivity contribution in [1.29, 1.82) is 0 Å². The van der Waals surface area contributed by atoms with Crippen LogP contribution >= 0.6 is 0 Å². The first-order valence-corrected chi connectivity index (χ1v) is 5.28. The van der Waals surface area contributed by atoms with E-state index >= 15 is 0 Å². The van der Waals surface area contributed by atoms with Crippen LogP contribution in [0, 0.1) is 0 Å².